The monoisotopic (exact) mass is 294 g/mol. The van der Waals surface area contributed by atoms with Crippen molar-refractivity contribution in [3.8, 4) is 0 Å². The van der Waals surface area contributed by atoms with Crippen LogP contribution in [0.3, 0.4) is 0 Å². The SMILES string of the molecule is O=C(NCCS(=O)CCO)c1ccc2cncnc2n1. The van der Waals surface area contributed by atoms with Gasteiger partial charge in [-0.3, -0.25) is 9.00 Å². The lowest BCUT2D eigenvalue weighted by Crippen LogP contribution is -2.29. The zero-order valence-electron chi connectivity index (χ0n) is 10.7. The average molecular weight is 294 g/mol. The molecule has 2 heterocycles. The lowest BCUT2D eigenvalue weighted by Gasteiger charge is -2.05. The molecule has 0 fully saturated rings. The molecule has 0 radical (unpaired) electrons. The van der Waals surface area contributed by atoms with Crippen LogP contribution in [0.5, 0.6) is 0 Å². The minimum atomic E-state index is -1.12. The molecule has 0 aliphatic heterocycles. The summed E-state index contributed by atoms with van der Waals surface area (Å²) in [5, 5.41) is 12.0. The Morgan fingerprint density at radius 3 is 3.00 bits per heavy atom. The van der Waals surface area contributed by atoms with Crippen LogP contribution < -0.4 is 5.32 Å². The van der Waals surface area contributed by atoms with Gasteiger partial charge in [0.2, 0.25) is 0 Å². The van der Waals surface area contributed by atoms with Crippen LogP contribution in [0.15, 0.2) is 24.7 Å². The Hall–Kier alpha value is -1.93. The summed E-state index contributed by atoms with van der Waals surface area (Å²) >= 11 is 0. The maximum Gasteiger partial charge on any atom is 0.269 e. The maximum absolute atomic E-state index is 11.9. The molecule has 1 atom stereocenters. The molecule has 106 valence electrons. The molecule has 1 amide bonds. The van der Waals surface area contributed by atoms with Gasteiger partial charge in [-0.1, -0.05) is 0 Å². The molecular weight excluding hydrogens is 280 g/mol. The van der Waals surface area contributed by atoms with E-state index in [1.54, 1.807) is 18.3 Å². The molecule has 0 bridgehead atoms. The van der Waals surface area contributed by atoms with Crippen LogP contribution in [0.2, 0.25) is 0 Å². The highest BCUT2D eigenvalue weighted by atomic mass is 32.2. The second kappa shape index (κ2) is 7.01. The first-order chi connectivity index (χ1) is 9.70. The van der Waals surface area contributed by atoms with E-state index in [1.165, 1.54) is 6.33 Å². The number of amides is 1. The Labute approximate surface area is 117 Å². The number of nitrogens with zero attached hydrogens (tertiary/aromatic N) is 3. The molecular formula is C12H14N4O3S. The van der Waals surface area contributed by atoms with Crippen molar-refractivity contribution in [2.75, 3.05) is 24.7 Å². The summed E-state index contributed by atoms with van der Waals surface area (Å²) < 4.78 is 11.3. The Morgan fingerprint density at radius 2 is 2.20 bits per heavy atom. The van der Waals surface area contributed by atoms with E-state index < -0.39 is 10.8 Å². The number of carbonyl (C=O) groups is 1. The molecule has 2 rings (SSSR count). The summed E-state index contributed by atoms with van der Waals surface area (Å²) in [7, 11) is -1.12. The van der Waals surface area contributed by atoms with Gasteiger partial charge in [-0.15, -0.1) is 0 Å². The van der Waals surface area contributed by atoms with E-state index in [4.69, 9.17) is 5.11 Å². The molecule has 0 saturated carbocycles. The topological polar surface area (TPSA) is 105 Å². The second-order valence-electron chi connectivity index (χ2n) is 3.96. The van der Waals surface area contributed by atoms with Gasteiger partial charge in [0.15, 0.2) is 5.65 Å². The molecule has 7 nitrogen and oxygen atoms in total. The number of pyridine rings is 1. The molecule has 1 unspecified atom stereocenters. The lowest BCUT2D eigenvalue weighted by atomic mass is 10.3. The van der Waals surface area contributed by atoms with Crippen LogP contribution in [0.1, 0.15) is 10.5 Å². The van der Waals surface area contributed by atoms with Crippen LogP contribution in [0.25, 0.3) is 11.0 Å². The minimum absolute atomic E-state index is 0.119. The predicted octanol–water partition coefficient (Wildman–Crippen LogP) is -0.504. The van der Waals surface area contributed by atoms with Crippen LogP contribution in [-0.2, 0) is 10.8 Å². The van der Waals surface area contributed by atoms with Crippen LogP contribution in [-0.4, -0.2) is 54.8 Å². The van der Waals surface area contributed by atoms with Crippen molar-refractivity contribution in [2.24, 2.45) is 0 Å². The molecule has 2 aromatic rings. The number of aliphatic hydroxyl groups is 1. The van der Waals surface area contributed by atoms with Crippen molar-refractivity contribution >= 4 is 27.7 Å². The van der Waals surface area contributed by atoms with Crippen molar-refractivity contribution in [3.05, 3.63) is 30.4 Å². The van der Waals surface area contributed by atoms with Gasteiger partial charge >= 0.3 is 0 Å². The summed E-state index contributed by atoms with van der Waals surface area (Å²) in [6.45, 7) is 0.154. The van der Waals surface area contributed by atoms with E-state index in [0.717, 1.165) is 5.39 Å². The van der Waals surface area contributed by atoms with Gasteiger partial charge in [-0.2, -0.15) is 0 Å². The molecule has 2 N–H and O–H groups in total. The quantitative estimate of drug-likeness (QED) is 0.744. The smallest absolute Gasteiger partial charge is 0.269 e. The summed E-state index contributed by atoms with van der Waals surface area (Å²) in [6.07, 6.45) is 2.99. The van der Waals surface area contributed by atoms with Gasteiger partial charge in [-0.25, -0.2) is 15.0 Å². The van der Waals surface area contributed by atoms with Gasteiger partial charge in [0, 0.05) is 40.4 Å². The first-order valence-electron chi connectivity index (χ1n) is 6.01. The van der Waals surface area contributed by atoms with E-state index in [0.29, 0.717) is 11.4 Å². The molecule has 0 spiro atoms. The number of hydrogen-bond donors (Lipinski definition) is 2. The van der Waals surface area contributed by atoms with Gasteiger partial charge < -0.3 is 10.4 Å². The molecule has 0 aliphatic rings. The van der Waals surface area contributed by atoms with Crippen LogP contribution in [0, 0.1) is 0 Å². The van der Waals surface area contributed by atoms with Crippen molar-refractivity contribution < 1.29 is 14.1 Å². The van der Waals surface area contributed by atoms with Gasteiger partial charge in [0.1, 0.15) is 12.0 Å². The van der Waals surface area contributed by atoms with Gasteiger partial charge in [-0.05, 0) is 12.1 Å². The Kier molecular flexibility index (Phi) is 5.08. The fourth-order valence-electron chi connectivity index (χ4n) is 1.56. The summed E-state index contributed by atoms with van der Waals surface area (Å²) in [4.78, 5) is 23.8. The fourth-order valence-corrected chi connectivity index (χ4v) is 2.30. The summed E-state index contributed by atoms with van der Waals surface area (Å²) in [5.41, 5.74) is 0.709. The highest BCUT2D eigenvalue weighted by Gasteiger charge is 2.08. The third-order valence-corrected chi connectivity index (χ3v) is 3.83. The number of hydrogen-bond acceptors (Lipinski definition) is 6. The first-order valence-corrected chi connectivity index (χ1v) is 7.50. The zero-order chi connectivity index (χ0) is 14.4. The lowest BCUT2D eigenvalue weighted by molar-refractivity contribution is 0.0951. The average Bonchev–Trinajstić information content (AvgIpc) is 2.47. The zero-order valence-corrected chi connectivity index (χ0v) is 11.5. The first kappa shape index (κ1) is 14.5. The Bertz CT molecular complexity index is 635. The molecule has 8 heteroatoms. The van der Waals surface area contributed by atoms with E-state index in [9.17, 15) is 9.00 Å². The molecule has 20 heavy (non-hydrogen) atoms. The van der Waals surface area contributed by atoms with Gasteiger partial charge in [0.05, 0.1) is 6.61 Å². The number of nitrogens with one attached hydrogen (secondary N) is 1. The number of aliphatic hydroxyl groups excluding tert-OH is 1. The number of fused-ring (bicyclic) bond motifs is 1. The van der Waals surface area contributed by atoms with E-state index in [2.05, 4.69) is 20.3 Å². The van der Waals surface area contributed by atoms with Gasteiger partial charge in [0.25, 0.3) is 5.91 Å². The molecule has 2 aromatic heterocycles. The molecule has 0 aromatic carbocycles. The highest BCUT2D eigenvalue weighted by molar-refractivity contribution is 7.85. The number of aromatic nitrogens is 3. The number of rotatable bonds is 6. The minimum Gasteiger partial charge on any atom is -0.395 e. The molecule has 0 aliphatic carbocycles. The van der Waals surface area contributed by atoms with E-state index in [-0.39, 0.29) is 30.5 Å². The standard InChI is InChI=1S/C12H14N4O3S/c17-4-6-20(19)5-3-14-12(18)10-2-1-9-7-13-8-15-11(9)16-10/h1-2,7-8,17H,3-6H2,(H,14,18). The third kappa shape index (κ3) is 3.78. The Balaban J connectivity index is 1.95. The van der Waals surface area contributed by atoms with Crippen molar-refractivity contribution in [1.82, 2.24) is 20.3 Å². The largest absolute Gasteiger partial charge is 0.395 e. The number of carbonyl (C=O) groups excluding carboxylic acids is 1. The predicted molar refractivity (Wildman–Crippen MR) is 74.6 cm³/mol. The Morgan fingerprint density at radius 1 is 1.35 bits per heavy atom. The van der Waals surface area contributed by atoms with Crippen LogP contribution >= 0.6 is 0 Å². The van der Waals surface area contributed by atoms with Crippen LogP contribution in [0.4, 0.5) is 0 Å². The van der Waals surface area contributed by atoms with E-state index in [1.807, 2.05) is 0 Å². The maximum atomic E-state index is 11.9. The summed E-state index contributed by atoms with van der Waals surface area (Å²) in [6, 6.07) is 3.31. The third-order valence-electron chi connectivity index (χ3n) is 2.53. The van der Waals surface area contributed by atoms with E-state index >= 15 is 0 Å². The normalized spacial score (nSPS) is 12.2. The second-order valence-corrected chi connectivity index (χ2v) is 5.66. The van der Waals surface area contributed by atoms with Crippen molar-refractivity contribution in [1.29, 1.82) is 0 Å². The van der Waals surface area contributed by atoms with Crippen molar-refractivity contribution in [3.63, 3.8) is 0 Å². The molecule has 0 saturated heterocycles. The van der Waals surface area contributed by atoms with Crippen molar-refractivity contribution in [2.45, 2.75) is 0 Å². The summed E-state index contributed by atoms with van der Waals surface area (Å²) in [5.74, 6) is 0.190. The highest BCUT2D eigenvalue weighted by Crippen LogP contribution is 2.07. The fraction of sp³-hybridized carbons (Fsp3) is 0.333.